The fourth-order valence-electron chi connectivity index (χ4n) is 2.57. The van der Waals surface area contributed by atoms with Crippen molar-refractivity contribution < 1.29 is 0 Å². The summed E-state index contributed by atoms with van der Waals surface area (Å²) in [5, 5.41) is 15.1. The third-order valence-corrected chi connectivity index (χ3v) is 4.58. The lowest BCUT2D eigenvalue weighted by molar-refractivity contribution is 0.960. The number of benzene rings is 1. The largest absolute Gasteiger partial charge is 0.353 e. The van der Waals surface area contributed by atoms with Gasteiger partial charge in [-0.3, -0.25) is 4.98 Å². The maximum atomic E-state index is 4.65. The second-order valence-electron chi connectivity index (χ2n) is 5.11. The number of fused-ring (bicyclic) bond motifs is 2. The molecule has 23 heavy (non-hydrogen) atoms. The Morgan fingerprint density at radius 3 is 2.78 bits per heavy atom. The second kappa shape index (κ2) is 4.72. The molecule has 0 saturated heterocycles. The van der Waals surface area contributed by atoms with E-state index in [0.717, 1.165) is 26.9 Å². The lowest BCUT2D eigenvalue weighted by Crippen LogP contribution is -1.92. The smallest absolute Gasteiger partial charge is 0.235 e. The number of nitrogens with one attached hydrogen (secondary N) is 1. The number of aromatic nitrogens is 6. The van der Waals surface area contributed by atoms with Crippen LogP contribution in [0.25, 0.3) is 38.1 Å². The first-order valence-electron chi connectivity index (χ1n) is 7.10. The molecule has 0 radical (unpaired) electrons. The van der Waals surface area contributed by atoms with Crippen molar-refractivity contribution in [2.45, 2.75) is 0 Å². The predicted molar refractivity (Wildman–Crippen MR) is 89.2 cm³/mol. The molecule has 0 bridgehead atoms. The van der Waals surface area contributed by atoms with E-state index in [9.17, 15) is 0 Å². The molecular weight excluding hydrogens is 308 g/mol. The van der Waals surface area contributed by atoms with Crippen molar-refractivity contribution in [2.24, 2.45) is 0 Å². The third kappa shape index (κ3) is 1.94. The summed E-state index contributed by atoms with van der Waals surface area (Å²) in [7, 11) is 0. The van der Waals surface area contributed by atoms with E-state index in [1.807, 2.05) is 30.3 Å². The van der Waals surface area contributed by atoms with Crippen molar-refractivity contribution in [3.05, 3.63) is 54.7 Å². The summed E-state index contributed by atoms with van der Waals surface area (Å²) in [6, 6.07) is 16.0. The molecule has 0 amide bonds. The zero-order valence-corrected chi connectivity index (χ0v) is 12.7. The highest BCUT2D eigenvalue weighted by Gasteiger charge is 2.16. The van der Waals surface area contributed by atoms with Gasteiger partial charge in [-0.25, -0.2) is 0 Å². The van der Waals surface area contributed by atoms with E-state index < -0.39 is 0 Å². The standard InChI is InChI=1S/C16H10N6S/c1-2-6-11-10(5-1)9-13(18-11)15-21-22-14(19-20-16(22)23-15)12-7-3-4-8-17-12/h1-9,18H. The van der Waals surface area contributed by atoms with Crippen molar-refractivity contribution >= 4 is 27.2 Å². The Kier molecular flexibility index (Phi) is 2.56. The van der Waals surface area contributed by atoms with Crippen molar-refractivity contribution in [3.63, 3.8) is 0 Å². The van der Waals surface area contributed by atoms with Crippen LogP contribution in [0.2, 0.25) is 0 Å². The Hall–Kier alpha value is -3.06. The topological polar surface area (TPSA) is 71.8 Å². The Morgan fingerprint density at radius 1 is 1.00 bits per heavy atom. The van der Waals surface area contributed by atoms with Crippen LogP contribution in [0.5, 0.6) is 0 Å². The fraction of sp³-hybridized carbons (Fsp3) is 0. The molecule has 1 aromatic carbocycles. The van der Waals surface area contributed by atoms with E-state index in [1.165, 1.54) is 16.7 Å². The number of aromatic amines is 1. The number of rotatable bonds is 2. The monoisotopic (exact) mass is 318 g/mol. The molecule has 0 saturated carbocycles. The van der Waals surface area contributed by atoms with E-state index in [1.54, 1.807) is 10.7 Å². The highest BCUT2D eigenvalue weighted by Crippen LogP contribution is 2.29. The minimum absolute atomic E-state index is 0.652. The molecule has 110 valence electrons. The van der Waals surface area contributed by atoms with Gasteiger partial charge >= 0.3 is 0 Å². The molecule has 0 atom stereocenters. The van der Waals surface area contributed by atoms with Crippen LogP contribution in [0.15, 0.2) is 54.7 Å². The van der Waals surface area contributed by atoms with Gasteiger partial charge in [0, 0.05) is 17.1 Å². The van der Waals surface area contributed by atoms with Gasteiger partial charge in [0.05, 0.1) is 5.69 Å². The number of hydrogen-bond donors (Lipinski definition) is 1. The third-order valence-electron chi connectivity index (χ3n) is 3.65. The minimum Gasteiger partial charge on any atom is -0.353 e. The Labute approximate surface area is 134 Å². The van der Waals surface area contributed by atoms with Gasteiger partial charge in [0.15, 0.2) is 5.01 Å². The van der Waals surface area contributed by atoms with E-state index in [0.29, 0.717) is 5.82 Å². The molecular formula is C16H10N6S. The molecule has 6 nitrogen and oxygen atoms in total. The van der Waals surface area contributed by atoms with Gasteiger partial charge in [-0.1, -0.05) is 35.6 Å². The van der Waals surface area contributed by atoms with Crippen LogP contribution in [-0.2, 0) is 0 Å². The van der Waals surface area contributed by atoms with Crippen LogP contribution in [-0.4, -0.2) is 29.8 Å². The van der Waals surface area contributed by atoms with E-state index >= 15 is 0 Å². The molecule has 0 aliphatic heterocycles. The average molecular weight is 318 g/mol. The molecule has 4 aromatic heterocycles. The van der Waals surface area contributed by atoms with Crippen LogP contribution in [0.4, 0.5) is 0 Å². The van der Waals surface area contributed by atoms with Gasteiger partial charge in [-0.05, 0) is 24.3 Å². The van der Waals surface area contributed by atoms with Gasteiger partial charge in [0.25, 0.3) is 0 Å². The minimum atomic E-state index is 0.652. The second-order valence-corrected chi connectivity index (χ2v) is 6.07. The van der Waals surface area contributed by atoms with Crippen molar-refractivity contribution in [1.82, 2.24) is 29.8 Å². The number of hydrogen-bond acceptors (Lipinski definition) is 5. The molecule has 0 spiro atoms. The van der Waals surface area contributed by atoms with E-state index in [2.05, 4.69) is 43.5 Å². The molecule has 5 aromatic rings. The van der Waals surface area contributed by atoms with E-state index in [-0.39, 0.29) is 0 Å². The normalized spacial score (nSPS) is 11.5. The van der Waals surface area contributed by atoms with Gasteiger partial charge in [-0.2, -0.15) is 9.61 Å². The maximum Gasteiger partial charge on any atom is 0.235 e. The lowest BCUT2D eigenvalue weighted by Gasteiger charge is -1.94. The summed E-state index contributed by atoms with van der Waals surface area (Å²) in [5.74, 6) is 0.652. The lowest BCUT2D eigenvalue weighted by atomic mass is 10.2. The van der Waals surface area contributed by atoms with Crippen molar-refractivity contribution in [2.75, 3.05) is 0 Å². The molecule has 0 unspecified atom stereocenters. The van der Waals surface area contributed by atoms with Crippen LogP contribution < -0.4 is 0 Å². The van der Waals surface area contributed by atoms with Crippen LogP contribution in [0, 0.1) is 0 Å². The first kappa shape index (κ1) is 12.5. The van der Waals surface area contributed by atoms with Crippen molar-refractivity contribution in [1.29, 1.82) is 0 Å². The first-order valence-corrected chi connectivity index (χ1v) is 7.92. The Morgan fingerprint density at radius 2 is 1.91 bits per heavy atom. The fourth-order valence-corrected chi connectivity index (χ4v) is 3.38. The first-order chi connectivity index (χ1) is 11.4. The number of para-hydroxylation sites is 1. The SMILES string of the molecule is c1ccc(-c2nnc3sc(-c4cc5ccccc5[nH]4)nn23)nc1. The molecule has 7 heteroatoms. The highest BCUT2D eigenvalue weighted by molar-refractivity contribution is 7.19. The van der Waals surface area contributed by atoms with Gasteiger partial charge in [0.1, 0.15) is 5.69 Å². The summed E-state index contributed by atoms with van der Waals surface area (Å²) in [4.78, 5) is 8.46. The molecule has 5 rings (SSSR count). The molecule has 0 fully saturated rings. The number of nitrogens with zero attached hydrogens (tertiary/aromatic N) is 5. The van der Waals surface area contributed by atoms with Crippen LogP contribution in [0.1, 0.15) is 0 Å². The Bertz CT molecular complexity index is 1090. The number of H-pyrrole nitrogens is 1. The highest BCUT2D eigenvalue weighted by atomic mass is 32.1. The zero-order valence-electron chi connectivity index (χ0n) is 11.8. The van der Waals surface area contributed by atoms with E-state index in [4.69, 9.17) is 0 Å². The maximum absolute atomic E-state index is 4.65. The molecule has 0 aliphatic carbocycles. The summed E-state index contributed by atoms with van der Waals surface area (Å²) in [5.41, 5.74) is 2.83. The summed E-state index contributed by atoms with van der Waals surface area (Å²) >= 11 is 1.50. The Balaban J connectivity index is 1.67. The average Bonchev–Trinajstić information content (AvgIpc) is 3.28. The van der Waals surface area contributed by atoms with Crippen LogP contribution in [0.3, 0.4) is 0 Å². The summed E-state index contributed by atoms with van der Waals surface area (Å²) in [6.45, 7) is 0. The zero-order chi connectivity index (χ0) is 15.2. The summed E-state index contributed by atoms with van der Waals surface area (Å²) in [6.07, 6.45) is 1.74. The molecule has 1 N–H and O–H groups in total. The summed E-state index contributed by atoms with van der Waals surface area (Å²) < 4.78 is 1.74. The van der Waals surface area contributed by atoms with Gasteiger partial charge in [-0.15, -0.1) is 10.2 Å². The van der Waals surface area contributed by atoms with Gasteiger partial charge < -0.3 is 4.98 Å². The quantitative estimate of drug-likeness (QED) is 0.541. The predicted octanol–water partition coefficient (Wildman–Crippen LogP) is 3.40. The van der Waals surface area contributed by atoms with Gasteiger partial charge in [0.2, 0.25) is 10.8 Å². The molecule has 0 aliphatic rings. The van der Waals surface area contributed by atoms with Crippen molar-refractivity contribution in [3.8, 4) is 22.2 Å². The van der Waals surface area contributed by atoms with Crippen LogP contribution >= 0.6 is 11.3 Å². The number of pyridine rings is 1. The molecule has 4 heterocycles.